The second-order valence-corrected chi connectivity index (χ2v) is 7.22. The Morgan fingerprint density at radius 2 is 1.79 bits per heavy atom. The summed E-state index contributed by atoms with van der Waals surface area (Å²) in [6, 6.07) is 13.2. The Balaban J connectivity index is 1.54. The summed E-state index contributed by atoms with van der Waals surface area (Å²) >= 11 is 0. The lowest BCUT2D eigenvalue weighted by Gasteiger charge is -2.18. The molecule has 1 aliphatic rings. The molecule has 2 aromatic rings. The van der Waals surface area contributed by atoms with E-state index in [4.69, 9.17) is 4.74 Å². The number of hydrogen-bond acceptors (Lipinski definition) is 4. The number of hydrogen-bond donors (Lipinski definition) is 1. The van der Waals surface area contributed by atoms with Crippen LogP contribution < -0.4 is 10.2 Å². The molecule has 0 aromatic heterocycles. The molecule has 0 radical (unpaired) electrons. The van der Waals surface area contributed by atoms with Gasteiger partial charge in [0.05, 0.1) is 5.92 Å². The van der Waals surface area contributed by atoms with Gasteiger partial charge in [-0.2, -0.15) is 0 Å². The maximum absolute atomic E-state index is 12.3. The van der Waals surface area contributed by atoms with Gasteiger partial charge in [0.2, 0.25) is 5.91 Å². The number of carbonyl (C=O) groups excluding carboxylic acids is 3. The SMILES string of the molecule is Cc1cc(C)cc(NC(=O)COC(=O)[C@@H]2CC(=O)N(c3ccccc3C)C2)c1. The van der Waals surface area contributed by atoms with Gasteiger partial charge in [-0.1, -0.05) is 24.3 Å². The van der Waals surface area contributed by atoms with Gasteiger partial charge in [0.1, 0.15) is 0 Å². The quantitative estimate of drug-likeness (QED) is 0.809. The zero-order valence-corrected chi connectivity index (χ0v) is 16.3. The second-order valence-electron chi connectivity index (χ2n) is 7.22. The van der Waals surface area contributed by atoms with E-state index in [0.29, 0.717) is 5.69 Å². The monoisotopic (exact) mass is 380 g/mol. The van der Waals surface area contributed by atoms with Crippen LogP contribution in [0.5, 0.6) is 0 Å². The predicted octanol–water partition coefficient (Wildman–Crippen LogP) is 3.15. The van der Waals surface area contributed by atoms with Gasteiger partial charge in [-0.15, -0.1) is 0 Å². The molecular weight excluding hydrogens is 356 g/mol. The number of nitrogens with zero attached hydrogens (tertiary/aromatic N) is 1. The number of amides is 2. The number of aryl methyl sites for hydroxylation is 3. The van der Waals surface area contributed by atoms with E-state index in [1.807, 2.05) is 63.2 Å². The summed E-state index contributed by atoms with van der Waals surface area (Å²) in [5.41, 5.74) is 4.51. The van der Waals surface area contributed by atoms with Crippen molar-refractivity contribution in [3.63, 3.8) is 0 Å². The van der Waals surface area contributed by atoms with Gasteiger partial charge in [-0.3, -0.25) is 14.4 Å². The number of rotatable bonds is 5. The number of para-hydroxylation sites is 1. The van der Waals surface area contributed by atoms with Crippen LogP contribution in [0.1, 0.15) is 23.1 Å². The lowest BCUT2D eigenvalue weighted by molar-refractivity contribution is -0.151. The van der Waals surface area contributed by atoms with Crippen LogP contribution in [0.3, 0.4) is 0 Å². The van der Waals surface area contributed by atoms with Crippen LogP contribution in [0.4, 0.5) is 11.4 Å². The highest BCUT2D eigenvalue weighted by atomic mass is 16.5. The van der Waals surface area contributed by atoms with Gasteiger partial charge in [-0.25, -0.2) is 0 Å². The fourth-order valence-corrected chi connectivity index (χ4v) is 3.46. The molecule has 0 aliphatic carbocycles. The normalized spacial score (nSPS) is 16.2. The van der Waals surface area contributed by atoms with Crippen LogP contribution in [-0.2, 0) is 19.1 Å². The lowest BCUT2D eigenvalue weighted by atomic mass is 10.1. The molecule has 1 fully saturated rings. The topological polar surface area (TPSA) is 75.7 Å². The number of esters is 1. The highest BCUT2D eigenvalue weighted by Gasteiger charge is 2.36. The minimum absolute atomic E-state index is 0.0891. The molecule has 6 nitrogen and oxygen atoms in total. The number of nitrogens with one attached hydrogen (secondary N) is 1. The van der Waals surface area contributed by atoms with Crippen molar-refractivity contribution in [1.82, 2.24) is 0 Å². The fraction of sp³-hybridized carbons (Fsp3) is 0.318. The average molecular weight is 380 g/mol. The molecule has 0 saturated carbocycles. The molecule has 0 bridgehead atoms. The number of ether oxygens (including phenoxy) is 1. The highest BCUT2D eigenvalue weighted by molar-refractivity contribution is 6.00. The van der Waals surface area contributed by atoms with Crippen LogP contribution in [0.15, 0.2) is 42.5 Å². The van der Waals surface area contributed by atoms with E-state index in [1.54, 1.807) is 4.90 Å². The fourth-order valence-electron chi connectivity index (χ4n) is 3.46. The molecule has 28 heavy (non-hydrogen) atoms. The Morgan fingerprint density at radius 3 is 2.46 bits per heavy atom. The Hall–Kier alpha value is -3.15. The molecule has 6 heteroatoms. The van der Waals surface area contributed by atoms with Crippen molar-refractivity contribution in [2.75, 3.05) is 23.4 Å². The summed E-state index contributed by atoms with van der Waals surface area (Å²) < 4.78 is 5.15. The van der Waals surface area contributed by atoms with Crippen molar-refractivity contribution >= 4 is 29.2 Å². The van der Waals surface area contributed by atoms with Crippen molar-refractivity contribution in [2.24, 2.45) is 5.92 Å². The van der Waals surface area contributed by atoms with Crippen LogP contribution in [0.2, 0.25) is 0 Å². The maximum atomic E-state index is 12.3. The van der Waals surface area contributed by atoms with Crippen LogP contribution in [-0.4, -0.2) is 30.9 Å². The van der Waals surface area contributed by atoms with Crippen molar-refractivity contribution in [3.05, 3.63) is 59.2 Å². The predicted molar refractivity (Wildman–Crippen MR) is 107 cm³/mol. The second kappa shape index (κ2) is 8.25. The van der Waals surface area contributed by atoms with Gasteiger partial charge in [-0.05, 0) is 55.7 Å². The third kappa shape index (κ3) is 4.57. The van der Waals surface area contributed by atoms with E-state index in [2.05, 4.69) is 5.32 Å². The molecule has 1 N–H and O–H groups in total. The first-order valence-corrected chi connectivity index (χ1v) is 9.24. The molecule has 3 rings (SSSR count). The Morgan fingerprint density at radius 1 is 1.11 bits per heavy atom. The van der Waals surface area contributed by atoms with Crippen LogP contribution in [0, 0.1) is 26.7 Å². The van der Waals surface area contributed by atoms with E-state index in [1.165, 1.54) is 0 Å². The van der Waals surface area contributed by atoms with E-state index >= 15 is 0 Å². The van der Waals surface area contributed by atoms with Crippen LogP contribution >= 0.6 is 0 Å². The zero-order chi connectivity index (χ0) is 20.3. The smallest absolute Gasteiger partial charge is 0.311 e. The van der Waals surface area contributed by atoms with Gasteiger partial charge in [0.15, 0.2) is 6.61 Å². The van der Waals surface area contributed by atoms with E-state index in [0.717, 1.165) is 22.4 Å². The highest BCUT2D eigenvalue weighted by Crippen LogP contribution is 2.28. The number of carbonyl (C=O) groups is 3. The summed E-state index contributed by atoms with van der Waals surface area (Å²) in [5.74, 6) is -1.62. The summed E-state index contributed by atoms with van der Waals surface area (Å²) in [4.78, 5) is 38.4. The first-order chi connectivity index (χ1) is 13.3. The molecule has 146 valence electrons. The average Bonchev–Trinajstić information content (AvgIpc) is 3.01. The van der Waals surface area contributed by atoms with Crippen molar-refractivity contribution in [3.8, 4) is 0 Å². The maximum Gasteiger partial charge on any atom is 0.311 e. The van der Waals surface area contributed by atoms with Gasteiger partial charge < -0.3 is 15.0 Å². The first-order valence-electron chi connectivity index (χ1n) is 9.24. The third-order valence-electron chi connectivity index (χ3n) is 4.72. The van der Waals surface area contributed by atoms with Crippen molar-refractivity contribution in [1.29, 1.82) is 0 Å². The molecule has 2 amide bonds. The van der Waals surface area contributed by atoms with Gasteiger partial charge in [0, 0.05) is 24.3 Å². The zero-order valence-electron chi connectivity index (χ0n) is 16.3. The first kappa shape index (κ1) is 19.6. The molecule has 1 heterocycles. The molecule has 1 atom stereocenters. The molecule has 0 unspecified atom stereocenters. The Labute approximate surface area is 164 Å². The third-order valence-corrected chi connectivity index (χ3v) is 4.72. The molecule has 1 saturated heterocycles. The Kier molecular flexibility index (Phi) is 5.78. The summed E-state index contributed by atoms with van der Waals surface area (Å²) in [7, 11) is 0. The number of anilines is 2. The Bertz CT molecular complexity index is 902. The molecule has 2 aromatic carbocycles. The largest absolute Gasteiger partial charge is 0.455 e. The standard InChI is InChI=1S/C22H24N2O4/c1-14-8-15(2)10-18(9-14)23-20(25)13-28-22(27)17-11-21(26)24(12-17)19-7-5-4-6-16(19)3/h4-10,17H,11-13H2,1-3H3,(H,23,25)/t17-/m1/s1. The number of benzene rings is 2. The van der Waals surface area contributed by atoms with Crippen molar-refractivity contribution in [2.45, 2.75) is 27.2 Å². The van der Waals surface area contributed by atoms with E-state index in [-0.39, 0.29) is 25.5 Å². The molecule has 1 aliphatic heterocycles. The van der Waals surface area contributed by atoms with E-state index in [9.17, 15) is 14.4 Å². The van der Waals surface area contributed by atoms with Gasteiger partial charge in [0.25, 0.3) is 5.91 Å². The summed E-state index contributed by atoms with van der Waals surface area (Å²) in [6.07, 6.45) is 0.0891. The van der Waals surface area contributed by atoms with E-state index < -0.39 is 17.8 Å². The summed E-state index contributed by atoms with van der Waals surface area (Å²) in [5, 5.41) is 2.73. The summed E-state index contributed by atoms with van der Waals surface area (Å²) in [6.45, 7) is 5.70. The van der Waals surface area contributed by atoms with Crippen LogP contribution in [0.25, 0.3) is 0 Å². The molecule has 0 spiro atoms. The lowest BCUT2D eigenvalue weighted by Crippen LogP contribution is -2.28. The molecular formula is C22H24N2O4. The van der Waals surface area contributed by atoms with Crippen molar-refractivity contribution < 1.29 is 19.1 Å². The van der Waals surface area contributed by atoms with Gasteiger partial charge >= 0.3 is 5.97 Å². The minimum atomic E-state index is -0.568. The minimum Gasteiger partial charge on any atom is -0.455 e.